The third-order valence-electron chi connectivity index (χ3n) is 2.82. The number of nitrogens with one attached hydrogen (secondary N) is 3. The van der Waals surface area contributed by atoms with Crippen molar-refractivity contribution >= 4 is 46.5 Å². The normalized spacial score (nSPS) is 9.96. The Bertz CT molecular complexity index is 736. The van der Waals surface area contributed by atoms with Gasteiger partial charge in [0.15, 0.2) is 6.73 Å². The Morgan fingerprint density at radius 2 is 1.62 bits per heavy atom. The average Bonchev–Trinajstić information content (AvgIpc) is 2.51. The highest BCUT2D eigenvalue weighted by atomic mass is 35.5. The van der Waals surface area contributed by atoms with Crippen LogP contribution in [0.25, 0.3) is 0 Å². The zero-order valence-electron chi connectivity index (χ0n) is 12.7. The second-order valence-electron chi connectivity index (χ2n) is 4.75. The highest BCUT2D eigenvalue weighted by molar-refractivity contribution is 6.35. The van der Waals surface area contributed by atoms with Crippen molar-refractivity contribution in [3.8, 4) is 5.75 Å². The maximum atomic E-state index is 11.8. The molecule has 0 heterocycles. The molecule has 0 spiro atoms. The lowest BCUT2D eigenvalue weighted by molar-refractivity contribution is -0.114. The zero-order chi connectivity index (χ0) is 17.5. The molecule has 3 amide bonds. The summed E-state index contributed by atoms with van der Waals surface area (Å²) in [6, 6.07) is 11.1. The lowest BCUT2D eigenvalue weighted by Crippen LogP contribution is -2.32. The lowest BCUT2D eigenvalue weighted by Gasteiger charge is -2.11. The van der Waals surface area contributed by atoms with Gasteiger partial charge in [-0.25, -0.2) is 4.79 Å². The van der Waals surface area contributed by atoms with Crippen molar-refractivity contribution in [3.63, 3.8) is 0 Å². The van der Waals surface area contributed by atoms with Crippen LogP contribution >= 0.6 is 23.2 Å². The molecule has 3 N–H and O–H groups in total. The van der Waals surface area contributed by atoms with Crippen molar-refractivity contribution in [1.29, 1.82) is 0 Å². The van der Waals surface area contributed by atoms with Crippen molar-refractivity contribution in [2.45, 2.75) is 6.92 Å². The van der Waals surface area contributed by atoms with E-state index < -0.39 is 6.03 Å². The van der Waals surface area contributed by atoms with Gasteiger partial charge in [0.2, 0.25) is 5.91 Å². The maximum Gasteiger partial charge on any atom is 0.321 e. The molecule has 0 unspecified atom stereocenters. The Kier molecular flexibility index (Phi) is 6.28. The van der Waals surface area contributed by atoms with E-state index in [-0.39, 0.29) is 12.6 Å². The fraction of sp³-hybridized carbons (Fsp3) is 0.125. The molecule has 0 aromatic heterocycles. The minimum Gasteiger partial charge on any atom is -0.472 e. The van der Waals surface area contributed by atoms with Crippen molar-refractivity contribution in [3.05, 3.63) is 52.5 Å². The summed E-state index contributed by atoms with van der Waals surface area (Å²) in [6.45, 7) is 1.36. The van der Waals surface area contributed by atoms with Gasteiger partial charge < -0.3 is 20.7 Å². The van der Waals surface area contributed by atoms with E-state index in [4.69, 9.17) is 27.9 Å². The molecule has 0 bridgehead atoms. The Hall–Kier alpha value is -2.44. The van der Waals surface area contributed by atoms with Crippen LogP contribution < -0.4 is 20.7 Å². The Morgan fingerprint density at radius 1 is 1.00 bits per heavy atom. The molecule has 0 atom stereocenters. The second kappa shape index (κ2) is 8.42. The summed E-state index contributed by atoms with van der Waals surface area (Å²) in [6.07, 6.45) is 0. The number of carbonyl (C=O) groups excluding carboxylic acids is 2. The third kappa shape index (κ3) is 5.64. The highest BCUT2D eigenvalue weighted by Crippen LogP contribution is 2.27. The highest BCUT2D eigenvalue weighted by Gasteiger charge is 2.05. The summed E-state index contributed by atoms with van der Waals surface area (Å²) in [5.74, 6) is 0.257. The average molecular weight is 368 g/mol. The third-order valence-corrected chi connectivity index (χ3v) is 3.35. The molecule has 2 aromatic carbocycles. The van der Waals surface area contributed by atoms with Gasteiger partial charge in [0, 0.05) is 23.3 Å². The van der Waals surface area contributed by atoms with Gasteiger partial charge in [-0.3, -0.25) is 4.79 Å². The molecule has 6 nitrogen and oxygen atoms in total. The van der Waals surface area contributed by atoms with Gasteiger partial charge >= 0.3 is 6.03 Å². The van der Waals surface area contributed by atoms with Gasteiger partial charge in [-0.1, -0.05) is 23.2 Å². The summed E-state index contributed by atoms with van der Waals surface area (Å²) < 4.78 is 5.35. The van der Waals surface area contributed by atoms with Gasteiger partial charge in [-0.15, -0.1) is 0 Å². The van der Waals surface area contributed by atoms with E-state index in [0.29, 0.717) is 27.2 Å². The molecule has 8 heteroatoms. The summed E-state index contributed by atoms with van der Waals surface area (Å²) >= 11 is 11.7. The largest absolute Gasteiger partial charge is 0.472 e. The predicted molar refractivity (Wildman–Crippen MR) is 94.9 cm³/mol. The van der Waals surface area contributed by atoms with Gasteiger partial charge in [0.05, 0.1) is 5.02 Å². The number of hydrogen-bond donors (Lipinski definition) is 3. The van der Waals surface area contributed by atoms with E-state index >= 15 is 0 Å². The van der Waals surface area contributed by atoms with E-state index in [1.54, 1.807) is 42.5 Å². The van der Waals surface area contributed by atoms with E-state index in [1.807, 2.05) is 0 Å². The van der Waals surface area contributed by atoms with Crippen LogP contribution in [0.5, 0.6) is 5.75 Å². The van der Waals surface area contributed by atoms with Gasteiger partial charge in [-0.2, -0.15) is 0 Å². The van der Waals surface area contributed by atoms with Crippen LogP contribution in [0.2, 0.25) is 10.0 Å². The molecule has 0 aliphatic heterocycles. The van der Waals surface area contributed by atoms with E-state index in [2.05, 4.69) is 16.0 Å². The van der Waals surface area contributed by atoms with E-state index in [0.717, 1.165) is 0 Å². The van der Waals surface area contributed by atoms with Crippen molar-refractivity contribution in [1.82, 2.24) is 5.32 Å². The molecule has 24 heavy (non-hydrogen) atoms. The van der Waals surface area contributed by atoms with Crippen LogP contribution in [0.3, 0.4) is 0 Å². The summed E-state index contributed by atoms with van der Waals surface area (Å²) in [7, 11) is 0. The monoisotopic (exact) mass is 367 g/mol. The van der Waals surface area contributed by atoms with Crippen LogP contribution in [0.1, 0.15) is 6.92 Å². The minimum absolute atomic E-state index is 0.0584. The molecule has 2 aromatic rings. The smallest absolute Gasteiger partial charge is 0.321 e. The number of hydrogen-bond acceptors (Lipinski definition) is 3. The van der Waals surface area contributed by atoms with E-state index in [1.165, 1.54) is 6.92 Å². The number of rotatable bonds is 5. The van der Waals surface area contributed by atoms with Crippen LogP contribution in [0, 0.1) is 0 Å². The summed E-state index contributed by atoms with van der Waals surface area (Å²) in [5.41, 5.74) is 1.22. The molecule has 0 radical (unpaired) electrons. The van der Waals surface area contributed by atoms with Crippen molar-refractivity contribution in [2.24, 2.45) is 0 Å². The summed E-state index contributed by atoms with van der Waals surface area (Å²) in [4.78, 5) is 22.7. The number of urea groups is 1. The number of anilines is 2. The molecule has 0 aliphatic carbocycles. The minimum atomic E-state index is -0.438. The molecule has 126 valence electrons. The van der Waals surface area contributed by atoms with Gasteiger partial charge in [0.25, 0.3) is 0 Å². The number of halogens is 2. The summed E-state index contributed by atoms with van der Waals surface area (Å²) in [5, 5.41) is 8.67. The molecule has 2 rings (SSSR count). The molecule has 0 fully saturated rings. The van der Waals surface area contributed by atoms with Crippen LogP contribution in [0.15, 0.2) is 42.5 Å². The van der Waals surface area contributed by atoms with E-state index in [9.17, 15) is 9.59 Å². The first-order chi connectivity index (χ1) is 11.4. The Morgan fingerprint density at radius 3 is 2.21 bits per heavy atom. The van der Waals surface area contributed by atoms with Crippen LogP contribution in [-0.2, 0) is 4.79 Å². The Balaban J connectivity index is 1.79. The molecular weight excluding hydrogens is 353 g/mol. The predicted octanol–water partition coefficient (Wildman–Crippen LogP) is 4.11. The first-order valence-electron chi connectivity index (χ1n) is 6.94. The maximum absolute atomic E-state index is 11.8. The standard InChI is InChI=1S/C16H15Cl2N3O3/c1-10(22)20-12-3-5-13(6-4-12)21-16(23)19-9-24-15-7-2-11(17)8-14(15)18/h2-8H,9H2,1H3,(H,20,22)(H2,19,21,23). The molecule has 0 saturated heterocycles. The van der Waals surface area contributed by atoms with Gasteiger partial charge in [-0.05, 0) is 42.5 Å². The quantitative estimate of drug-likeness (QED) is 0.695. The fourth-order valence-electron chi connectivity index (χ4n) is 1.79. The van der Waals surface area contributed by atoms with Crippen LogP contribution in [0.4, 0.5) is 16.2 Å². The number of amides is 3. The zero-order valence-corrected chi connectivity index (χ0v) is 14.2. The van der Waals surface area contributed by atoms with Crippen molar-refractivity contribution < 1.29 is 14.3 Å². The molecule has 0 saturated carbocycles. The first kappa shape index (κ1) is 17.9. The second-order valence-corrected chi connectivity index (χ2v) is 5.60. The van der Waals surface area contributed by atoms with Crippen LogP contribution in [-0.4, -0.2) is 18.7 Å². The fourth-order valence-corrected chi connectivity index (χ4v) is 2.25. The number of carbonyl (C=O) groups is 2. The lowest BCUT2D eigenvalue weighted by atomic mass is 10.3. The molecule has 0 aliphatic rings. The van der Waals surface area contributed by atoms with Crippen molar-refractivity contribution in [2.75, 3.05) is 17.4 Å². The van der Waals surface area contributed by atoms with Gasteiger partial charge in [0.1, 0.15) is 5.75 Å². The number of ether oxygens (including phenoxy) is 1. The SMILES string of the molecule is CC(=O)Nc1ccc(NC(=O)NCOc2ccc(Cl)cc2Cl)cc1. The Labute approximate surface area is 149 Å². The number of benzene rings is 2. The molecular formula is C16H15Cl2N3O3. The topological polar surface area (TPSA) is 79.5 Å². The first-order valence-corrected chi connectivity index (χ1v) is 7.70.